The fraction of sp³-hybridized carbons (Fsp3) is 0.214. The largest absolute Gasteiger partial charge is 0.396 e. The first-order valence-electron chi connectivity index (χ1n) is 5.97. The number of pyridine rings is 1. The zero-order chi connectivity index (χ0) is 13.8. The Labute approximate surface area is 116 Å². The Morgan fingerprint density at radius 3 is 2.63 bits per heavy atom. The van der Waals surface area contributed by atoms with Gasteiger partial charge < -0.3 is 11.1 Å². The number of aromatic nitrogens is 1. The first-order chi connectivity index (χ1) is 9.04. The standard InChI is InChI=1S/C14H15ClFN3/c1-9(8-10-2-4-11(16)5-3-10)18-14-12(17)6-7-13(15)19-14/h2-7,9H,8,17H2,1H3,(H,18,19). The van der Waals surface area contributed by atoms with Crippen LogP contribution in [0.25, 0.3) is 0 Å². The molecule has 5 heteroatoms. The van der Waals surface area contributed by atoms with Gasteiger partial charge in [-0.15, -0.1) is 0 Å². The lowest BCUT2D eigenvalue weighted by atomic mass is 10.1. The number of anilines is 2. The zero-order valence-corrected chi connectivity index (χ0v) is 11.3. The molecule has 100 valence electrons. The average molecular weight is 280 g/mol. The second-order valence-corrected chi connectivity index (χ2v) is 4.84. The number of rotatable bonds is 4. The summed E-state index contributed by atoms with van der Waals surface area (Å²) in [5.41, 5.74) is 7.41. The van der Waals surface area contributed by atoms with Crippen LogP contribution in [0.2, 0.25) is 5.15 Å². The van der Waals surface area contributed by atoms with Crippen molar-refractivity contribution in [2.75, 3.05) is 11.1 Å². The Bertz CT molecular complexity index is 557. The van der Waals surface area contributed by atoms with E-state index in [-0.39, 0.29) is 11.9 Å². The number of halogens is 2. The van der Waals surface area contributed by atoms with E-state index in [0.29, 0.717) is 16.7 Å². The van der Waals surface area contributed by atoms with Gasteiger partial charge in [-0.2, -0.15) is 0 Å². The van der Waals surface area contributed by atoms with Crippen LogP contribution in [0, 0.1) is 5.82 Å². The maximum atomic E-state index is 12.8. The number of benzene rings is 1. The van der Waals surface area contributed by atoms with Crippen molar-refractivity contribution in [1.29, 1.82) is 0 Å². The van der Waals surface area contributed by atoms with E-state index >= 15 is 0 Å². The van der Waals surface area contributed by atoms with Gasteiger partial charge >= 0.3 is 0 Å². The molecule has 0 aliphatic carbocycles. The van der Waals surface area contributed by atoms with Crippen LogP contribution in [0.15, 0.2) is 36.4 Å². The maximum Gasteiger partial charge on any atom is 0.151 e. The third-order valence-corrected chi connectivity index (χ3v) is 2.94. The summed E-state index contributed by atoms with van der Waals surface area (Å²) in [5, 5.41) is 3.59. The predicted molar refractivity (Wildman–Crippen MR) is 76.8 cm³/mol. The number of hydrogen-bond acceptors (Lipinski definition) is 3. The molecule has 3 nitrogen and oxygen atoms in total. The first kappa shape index (κ1) is 13.6. The van der Waals surface area contributed by atoms with Gasteiger partial charge in [0.1, 0.15) is 11.0 Å². The molecule has 1 aromatic heterocycles. The molecule has 1 atom stereocenters. The van der Waals surface area contributed by atoms with E-state index in [1.54, 1.807) is 24.3 Å². The molecule has 0 aliphatic heterocycles. The summed E-state index contributed by atoms with van der Waals surface area (Å²) < 4.78 is 12.8. The van der Waals surface area contributed by atoms with Crippen molar-refractivity contribution >= 4 is 23.1 Å². The smallest absolute Gasteiger partial charge is 0.151 e. The van der Waals surface area contributed by atoms with Crippen molar-refractivity contribution in [3.05, 3.63) is 52.9 Å². The Morgan fingerprint density at radius 2 is 1.95 bits per heavy atom. The molecule has 3 N–H and O–H groups in total. The quantitative estimate of drug-likeness (QED) is 0.842. The lowest BCUT2D eigenvalue weighted by Gasteiger charge is -2.16. The van der Waals surface area contributed by atoms with Gasteiger partial charge in [-0.1, -0.05) is 23.7 Å². The highest BCUT2D eigenvalue weighted by molar-refractivity contribution is 6.29. The number of nitrogen functional groups attached to an aromatic ring is 1. The molecule has 0 fully saturated rings. The van der Waals surface area contributed by atoms with E-state index in [4.69, 9.17) is 17.3 Å². The monoisotopic (exact) mass is 279 g/mol. The Morgan fingerprint density at radius 1 is 1.26 bits per heavy atom. The molecule has 0 bridgehead atoms. The van der Waals surface area contributed by atoms with Crippen LogP contribution in [-0.4, -0.2) is 11.0 Å². The molecule has 1 aromatic carbocycles. The van der Waals surface area contributed by atoms with E-state index in [9.17, 15) is 4.39 Å². The van der Waals surface area contributed by atoms with Crippen LogP contribution in [0.1, 0.15) is 12.5 Å². The number of nitrogens with one attached hydrogen (secondary N) is 1. The van der Waals surface area contributed by atoms with Crippen LogP contribution < -0.4 is 11.1 Å². The van der Waals surface area contributed by atoms with Crippen LogP contribution in [0.4, 0.5) is 15.9 Å². The normalized spacial score (nSPS) is 12.2. The highest BCUT2D eigenvalue weighted by Crippen LogP contribution is 2.20. The van der Waals surface area contributed by atoms with Crippen molar-refractivity contribution in [3.8, 4) is 0 Å². The highest BCUT2D eigenvalue weighted by atomic mass is 35.5. The molecule has 0 amide bonds. The predicted octanol–water partition coefficient (Wildman–Crippen LogP) is 3.50. The van der Waals surface area contributed by atoms with E-state index in [1.165, 1.54) is 12.1 Å². The molecule has 2 aromatic rings. The summed E-state index contributed by atoms with van der Waals surface area (Å²) in [6.45, 7) is 2.01. The SMILES string of the molecule is CC(Cc1ccc(F)cc1)Nc1nc(Cl)ccc1N. The van der Waals surface area contributed by atoms with Crippen molar-refractivity contribution in [2.45, 2.75) is 19.4 Å². The van der Waals surface area contributed by atoms with Gasteiger partial charge in [0, 0.05) is 6.04 Å². The van der Waals surface area contributed by atoms with Crippen LogP contribution in [0.5, 0.6) is 0 Å². The van der Waals surface area contributed by atoms with Gasteiger partial charge in [0.15, 0.2) is 5.82 Å². The van der Waals surface area contributed by atoms with E-state index in [1.807, 2.05) is 6.92 Å². The summed E-state index contributed by atoms with van der Waals surface area (Å²) in [7, 11) is 0. The van der Waals surface area contributed by atoms with Gasteiger partial charge in [0.2, 0.25) is 0 Å². The topological polar surface area (TPSA) is 50.9 Å². The number of hydrogen-bond donors (Lipinski definition) is 2. The zero-order valence-electron chi connectivity index (χ0n) is 10.5. The lowest BCUT2D eigenvalue weighted by Crippen LogP contribution is -2.19. The van der Waals surface area contributed by atoms with E-state index in [0.717, 1.165) is 12.0 Å². The third kappa shape index (κ3) is 3.83. The Hall–Kier alpha value is -1.81. The molecule has 0 saturated carbocycles. The average Bonchev–Trinajstić information content (AvgIpc) is 2.37. The van der Waals surface area contributed by atoms with Gasteiger partial charge in [0.05, 0.1) is 5.69 Å². The van der Waals surface area contributed by atoms with Crippen molar-refractivity contribution < 1.29 is 4.39 Å². The summed E-state index contributed by atoms with van der Waals surface area (Å²) in [4.78, 5) is 4.14. The molecule has 0 saturated heterocycles. The van der Waals surface area contributed by atoms with Crippen molar-refractivity contribution in [1.82, 2.24) is 4.98 Å². The number of nitrogens with zero attached hydrogens (tertiary/aromatic N) is 1. The molecule has 0 spiro atoms. The minimum absolute atomic E-state index is 0.110. The second kappa shape index (κ2) is 5.89. The fourth-order valence-electron chi connectivity index (χ4n) is 1.82. The summed E-state index contributed by atoms with van der Waals surface area (Å²) >= 11 is 5.83. The molecular weight excluding hydrogens is 265 g/mol. The van der Waals surface area contributed by atoms with E-state index in [2.05, 4.69) is 10.3 Å². The molecule has 0 aliphatic rings. The van der Waals surface area contributed by atoms with Crippen molar-refractivity contribution in [3.63, 3.8) is 0 Å². The molecule has 1 unspecified atom stereocenters. The summed E-state index contributed by atoms with van der Waals surface area (Å²) in [5.74, 6) is 0.340. The summed E-state index contributed by atoms with van der Waals surface area (Å²) in [6, 6.07) is 9.90. The summed E-state index contributed by atoms with van der Waals surface area (Å²) in [6.07, 6.45) is 0.744. The Kier molecular flexibility index (Phi) is 4.22. The van der Waals surface area contributed by atoms with Crippen molar-refractivity contribution in [2.24, 2.45) is 0 Å². The third-order valence-electron chi connectivity index (χ3n) is 2.73. The minimum Gasteiger partial charge on any atom is -0.396 e. The fourth-order valence-corrected chi connectivity index (χ4v) is 1.97. The molecule has 0 radical (unpaired) electrons. The van der Waals surface area contributed by atoms with Gasteiger partial charge in [-0.3, -0.25) is 0 Å². The molecular formula is C14H15ClFN3. The molecule has 1 heterocycles. The van der Waals surface area contributed by atoms with Gasteiger partial charge in [0.25, 0.3) is 0 Å². The van der Waals surface area contributed by atoms with Crippen LogP contribution >= 0.6 is 11.6 Å². The van der Waals surface area contributed by atoms with Crippen LogP contribution in [-0.2, 0) is 6.42 Å². The lowest BCUT2D eigenvalue weighted by molar-refractivity contribution is 0.626. The highest BCUT2D eigenvalue weighted by Gasteiger charge is 2.08. The van der Waals surface area contributed by atoms with Crippen LogP contribution in [0.3, 0.4) is 0 Å². The Balaban J connectivity index is 2.02. The second-order valence-electron chi connectivity index (χ2n) is 4.45. The molecule has 19 heavy (non-hydrogen) atoms. The maximum absolute atomic E-state index is 12.8. The molecule has 2 rings (SSSR count). The first-order valence-corrected chi connectivity index (χ1v) is 6.35. The van der Waals surface area contributed by atoms with E-state index < -0.39 is 0 Å². The van der Waals surface area contributed by atoms with Gasteiger partial charge in [-0.05, 0) is 43.2 Å². The van der Waals surface area contributed by atoms with Gasteiger partial charge in [-0.25, -0.2) is 9.37 Å². The number of nitrogens with two attached hydrogens (primary N) is 1. The minimum atomic E-state index is -0.231.